The Hall–Kier alpha value is -3.98. The largest absolute Gasteiger partial charge is 0.508 e. The summed E-state index contributed by atoms with van der Waals surface area (Å²) in [7, 11) is 0. The van der Waals surface area contributed by atoms with Crippen molar-refractivity contribution in [2.45, 2.75) is 121 Å². The number of aliphatic carboxylic acids is 1. The van der Waals surface area contributed by atoms with E-state index in [0.29, 0.717) is 0 Å². The molecule has 0 bridgehead atoms. The van der Waals surface area contributed by atoms with Crippen LogP contribution in [0.15, 0.2) is 28.1 Å². The molecule has 11 atom stereocenters. The molecule has 2 saturated heterocycles. The van der Waals surface area contributed by atoms with Gasteiger partial charge >= 0.3 is 23.9 Å². The van der Waals surface area contributed by atoms with Crippen LogP contribution in [0.25, 0.3) is 0 Å². The highest BCUT2D eigenvalue weighted by molar-refractivity contribution is 7.78. The van der Waals surface area contributed by atoms with Crippen LogP contribution in [0.2, 0.25) is 0 Å². The van der Waals surface area contributed by atoms with E-state index in [0.717, 1.165) is 6.92 Å². The van der Waals surface area contributed by atoms with Crippen LogP contribution < -0.4 is 0 Å². The van der Waals surface area contributed by atoms with Crippen molar-refractivity contribution in [1.29, 1.82) is 5.41 Å². The van der Waals surface area contributed by atoms with Crippen LogP contribution in [-0.2, 0) is 52.4 Å². The quantitative estimate of drug-likeness (QED) is 0.0430. The third kappa shape index (κ3) is 8.46. The minimum absolute atomic E-state index is 0.383. The number of aliphatic imine (C=N–C) groups is 1. The van der Waals surface area contributed by atoms with Gasteiger partial charge in [-0.1, -0.05) is 19.9 Å². The molecule has 2 aliphatic heterocycles. The summed E-state index contributed by atoms with van der Waals surface area (Å²) < 4.78 is 33.7. The van der Waals surface area contributed by atoms with Crippen LogP contribution in [0, 0.1) is 11.3 Å². The number of thiocarbonyl (C=S) groups is 1. The minimum atomic E-state index is -3.05. The summed E-state index contributed by atoms with van der Waals surface area (Å²) in [6, 6.07) is 0. The van der Waals surface area contributed by atoms with E-state index in [-0.39, 0.29) is 5.70 Å². The van der Waals surface area contributed by atoms with Crippen LogP contribution in [0.5, 0.6) is 0 Å². The zero-order chi connectivity index (χ0) is 39.5. The molecule has 0 aromatic rings. The van der Waals surface area contributed by atoms with Crippen LogP contribution in [-0.4, -0.2) is 144 Å². The topological polar surface area (TPSA) is 298 Å². The van der Waals surface area contributed by atoms with Gasteiger partial charge in [-0.3, -0.25) is 19.8 Å². The molecule has 2 heterocycles. The predicted octanol–water partition coefficient (Wildman–Crippen LogP) is -0.584. The second-order valence-electron chi connectivity index (χ2n) is 12.7. The molecule has 0 amide bonds. The molecule has 288 valence electrons. The molecular formula is C32H42N2O17S. The maximum atomic E-state index is 13.2. The number of carboxylic acid groups (broad SMARTS) is 1. The molecule has 20 heteroatoms. The first-order valence-electron chi connectivity index (χ1n) is 16.0. The number of rotatable bonds is 12. The average molecular weight is 759 g/mol. The van der Waals surface area contributed by atoms with E-state index >= 15 is 0 Å². The molecule has 0 aromatic carbocycles. The van der Waals surface area contributed by atoms with Crippen molar-refractivity contribution in [3.05, 3.63) is 23.1 Å². The molecule has 0 aromatic heterocycles. The van der Waals surface area contributed by atoms with Gasteiger partial charge in [0.05, 0.1) is 29.7 Å². The van der Waals surface area contributed by atoms with Gasteiger partial charge in [-0.2, -0.15) is 4.99 Å². The molecule has 3 rings (SSSR count). The molecular weight excluding hydrogens is 716 g/mol. The number of carboxylic acids is 1. The van der Waals surface area contributed by atoms with Gasteiger partial charge in [-0.15, -0.1) is 0 Å². The Labute approximate surface area is 302 Å². The number of nitrogens with one attached hydrogen (secondary N) is 1. The van der Waals surface area contributed by atoms with E-state index < -0.39 is 138 Å². The van der Waals surface area contributed by atoms with Gasteiger partial charge in [-0.05, 0) is 33.0 Å². The van der Waals surface area contributed by atoms with E-state index in [1.807, 2.05) is 5.16 Å². The van der Waals surface area contributed by atoms with Crippen molar-refractivity contribution < 1.29 is 83.0 Å². The molecule has 3 aliphatic rings. The maximum absolute atomic E-state index is 13.2. The van der Waals surface area contributed by atoms with Gasteiger partial charge < -0.3 is 59.1 Å². The first-order valence-corrected chi connectivity index (χ1v) is 16.4. The molecule has 0 unspecified atom stereocenters. The van der Waals surface area contributed by atoms with Crippen molar-refractivity contribution in [3.63, 3.8) is 0 Å². The zero-order valence-corrected chi connectivity index (χ0v) is 29.8. The molecule has 2 fully saturated rings. The van der Waals surface area contributed by atoms with E-state index in [4.69, 9.17) is 33.8 Å². The average Bonchev–Trinajstić information content (AvgIpc) is 3.05. The molecule has 19 nitrogen and oxygen atoms in total. The van der Waals surface area contributed by atoms with E-state index in [1.165, 1.54) is 26.8 Å². The lowest BCUT2D eigenvalue weighted by atomic mass is 9.74. The predicted molar refractivity (Wildman–Crippen MR) is 175 cm³/mol. The Kier molecular flexibility index (Phi) is 13.7. The fourth-order valence-corrected chi connectivity index (χ4v) is 6.15. The van der Waals surface area contributed by atoms with Gasteiger partial charge in [0, 0.05) is 13.3 Å². The number of nitrogens with zero attached hydrogens (tertiary/aromatic N) is 1. The third-order valence-electron chi connectivity index (χ3n) is 8.97. The SMILES string of the molecule is C/C=C(\N=C=S)C(=O)O[C@H]1[C@@H](O[C@H]2C[C@H](O)[C@@](O)([C@H](C)OC(=O)C(C)C)[C@H](C)O2)[C@@H](O)[C@H]([C@@]2(O)CC(=O)C(=N)C(C(=O)O)=C2O)O[C@@H]1COC(C)=O. The Morgan fingerprint density at radius 3 is 2.31 bits per heavy atom. The summed E-state index contributed by atoms with van der Waals surface area (Å²) >= 11 is 4.57. The van der Waals surface area contributed by atoms with Crippen LogP contribution in [0.1, 0.15) is 54.4 Å². The van der Waals surface area contributed by atoms with Crippen molar-refractivity contribution in [2.24, 2.45) is 10.9 Å². The van der Waals surface area contributed by atoms with Gasteiger partial charge in [0.25, 0.3) is 0 Å². The number of ketones is 1. The lowest BCUT2D eigenvalue weighted by molar-refractivity contribution is -0.343. The van der Waals surface area contributed by atoms with E-state index in [9.17, 15) is 54.6 Å². The second kappa shape index (κ2) is 16.8. The van der Waals surface area contributed by atoms with Gasteiger partial charge in [-0.25, -0.2) is 9.59 Å². The number of ether oxygens (including phenoxy) is 6. The van der Waals surface area contributed by atoms with Crippen molar-refractivity contribution in [1.82, 2.24) is 0 Å². The summed E-state index contributed by atoms with van der Waals surface area (Å²) in [4.78, 5) is 65.6. The fourth-order valence-electron chi connectivity index (χ4n) is 6.05. The first-order chi connectivity index (χ1) is 24.1. The number of allylic oxidation sites excluding steroid dienone is 1. The monoisotopic (exact) mass is 758 g/mol. The van der Waals surface area contributed by atoms with Crippen LogP contribution in [0.3, 0.4) is 0 Å². The molecule has 0 spiro atoms. The van der Waals surface area contributed by atoms with Gasteiger partial charge in [0.15, 0.2) is 35.1 Å². The molecule has 0 saturated carbocycles. The number of Topliss-reactive ketones (excluding diaryl/α,β-unsaturated/α-hetero) is 1. The van der Waals surface area contributed by atoms with E-state index in [1.54, 1.807) is 13.8 Å². The summed E-state index contributed by atoms with van der Waals surface area (Å²) in [5.41, 5.74) is -8.05. The van der Waals surface area contributed by atoms with E-state index in [2.05, 4.69) is 17.2 Å². The third-order valence-corrected chi connectivity index (χ3v) is 9.06. The smallest absolute Gasteiger partial charge is 0.357 e. The Morgan fingerprint density at radius 1 is 1.15 bits per heavy atom. The van der Waals surface area contributed by atoms with Crippen LogP contribution >= 0.6 is 12.2 Å². The zero-order valence-electron chi connectivity index (χ0n) is 29.0. The lowest BCUT2D eigenvalue weighted by Gasteiger charge is -2.51. The number of hydrogen-bond donors (Lipinski definition) is 7. The summed E-state index contributed by atoms with van der Waals surface area (Å²) in [6.45, 7) is 7.43. The Bertz CT molecular complexity index is 1560. The highest BCUT2D eigenvalue weighted by Crippen LogP contribution is 2.42. The molecule has 52 heavy (non-hydrogen) atoms. The number of carbonyl (C=O) groups is 5. The summed E-state index contributed by atoms with van der Waals surface area (Å²) in [5, 5.41) is 76.6. The number of aliphatic hydroxyl groups is 5. The Balaban J connectivity index is 2.13. The fraction of sp³-hybridized carbons (Fsp3) is 0.656. The van der Waals surface area contributed by atoms with Crippen LogP contribution in [0.4, 0.5) is 0 Å². The second-order valence-corrected chi connectivity index (χ2v) is 12.9. The maximum Gasteiger partial charge on any atom is 0.357 e. The number of carbonyl (C=O) groups excluding carboxylic acids is 4. The Morgan fingerprint density at radius 2 is 1.79 bits per heavy atom. The first kappa shape index (κ1) is 42.4. The molecule has 1 aliphatic carbocycles. The summed E-state index contributed by atoms with van der Waals surface area (Å²) in [6.07, 6.45) is -16.4. The molecule has 0 radical (unpaired) electrons. The minimum Gasteiger partial charge on any atom is -0.508 e. The van der Waals surface area contributed by atoms with Crippen molar-refractivity contribution >= 4 is 52.8 Å². The highest BCUT2D eigenvalue weighted by atomic mass is 32.1. The van der Waals surface area contributed by atoms with Gasteiger partial charge in [0.2, 0.25) is 0 Å². The highest BCUT2D eigenvalue weighted by Gasteiger charge is 2.61. The van der Waals surface area contributed by atoms with Gasteiger partial charge in [0.1, 0.15) is 54.2 Å². The number of isothiocyanates is 1. The molecule has 7 N–H and O–H groups in total. The number of hydrogen-bond acceptors (Lipinski definition) is 19. The number of esters is 3. The van der Waals surface area contributed by atoms with Crippen molar-refractivity contribution in [3.8, 4) is 0 Å². The normalized spacial score (nSPS) is 34.6. The van der Waals surface area contributed by atoms with Crippen molar-refractivity contribution in [2.75, 3.05) is 6.61 Å². The number of aliphatic hydroxyl groups excluding tert-OH is 3. The standard InChI is InChI=1S/C32H42N2O17S/c1-7-16(34-11-52)30(43)51-24-18(10-46-15(6)35)49-27(31(44)9-17(36)22(33)21(26(31)39)28(40)41)23(38)25(24)50-20-8-19(37)32(45,13(4)47-20)14(5)48-29(42)12(2)3/h7,12-14,18-20,23-25,27,33,37-39,44-45H,8-10H2,1-6H3,(H,40,41)/b16-7-,33-22?/t13-,14-,18+,19-,20-,23+,24+,25-,27+,31+,32-/m0/s1. The summed E-state index contributed by atoms with van der Waals surface area (Å²) in [5.74, 6) is -7.95. The lowest BCUT2D eigenvalue weighted by Crippen LogP contribution is -2.70.